The predicted octanol–water partition coefficient (Wildman–Crippen LogP) is 5.08. The minimum absolute atomic E-state index is 0.155. The highest BCUT2D eigenvalue weighted by molar-refractivity contribution is 6.52. The van der Waals surface area contributed by atoms with Gasteiger partial charge in [-0.3, -0.25) is 14.5 Å². The maximum atomic E-state index is 13.5. The Bertz CT molecular complexity index is 1450. The Hall–Kier alpha value is -4.30. The number of benzene rings is 3. The number of nitrogens with zero attached hydrogens (tertiary/aromatic N) is 1. The summed E-state index contributed by atoms with van der Waals surface area (Å²) in [5.41, 5.74) is 1.58. The van der Waals surface area contributed by atoms with Crippen molar-refractivity contribution in [2.45, 2.75) is 13.0 Å². The molecule has 1 fully saturated rings. The van der Waals surface area contributed by atoms with Gasteiger partial charge in [-0.15, -0.1) is 0 Å². The highest BCUT2D eigenvalue weighted by Crippen LogP contribution is 2.46. The molecule has 1 unspecified atom stereocenters. The van der Waals surface area contributed by atoms with Crippen molar-refractivity contribution in [2.75, 3.05) is 26.2 Å². The fraction of sp³-hybridized carbons (Fsp3) is 0.179. The minimum Gasteiger partial charge on any atom is -0.507 e. The van der Waals surface area contributed by atoms with Gasteiger partial charge in [0, 0.05) is 11.3 Å². The topological polar surface area (TPSA) is 102 Å². The van der Waals surface area contributed by atoms with Gasteiger partial charge >= 0.3 is 5.97 Å². The molecule has 1 saturated heterocycles. The molecular weight excluding hydrogens is 498 g/mol. The lowest BCUT2D eigenvalue weighted by molar-refractivity contribution is -0.132. The van der Waals surface area contributed by atoms with Crippen LogP contribution in [0.25, 0.3) is 5.76 Å². The lowest BCUT2D eigenvalue weighted by Gasteiger charge is -2.27. The number of halogens is 1. The van der Waals surface area contributed by atoms with E-state index in [1.165, 1.54) is 38.4 Å². The molecule has 3 aromatic carbocycles. The number of carbonyl (C=O) groups is 3. The molecule has 1 amide bonds. The van der Waals surface area contributed by atoms with Crippen LogP contribution in [-0.2, 0) is 14.3 Å². The lowest BCUT2D eigenvalue weighted by atomic mass is 9.93. The van der Waals surface area contributed by atoms with E-state index in [1.54, 1.807) is 55.5 Å². The number of Topliss-reactive ketones (excluding diaryl/α,β-unsaturated/α-hetero) is 1. The molecule has 4 rings (SSSR count). The van der Waals surface area contributed by atoms with E-state index < -0.39 is 29.5 Å². The zero-order chi connectivity index (χ0) is 26.9. The lowest BCUT2D eigenvalue weighted by Crippen LogP contribution is -2.29. The Morgan fingerprint density at radius 2 is 1.70 bits per heavy atom. The number of carbonyl (C=O) groups excluding carboxylic acids is 3. The van der Waals surface area contributed by atoms with E-state index in [0.29, 0.717) is 16.9 Å². The number of ether oxygens (including phenoxy) is 3. The second-order valence-electron chi connectivity index (χ2n) is 8.28. The fourth-order valence-electron chi connectivity index (χ4n) is 4.44. The van der Waals surface area contributed by atoms with Gasteiger partial charge < -0.3 is 19.3 Å². The molecule has 1 aliphatic rings. The summed E-state index contributed by atoms with van der Waals surface area (Å²) < 4.78 is 15.8. The van der Waals surface area contributed by atoms with Gasteiger partial charge in [0.2, 0.25) is 0 Å². The Kier molecular flexibility index (Phi) is 7.22. The number of hydrogen-bond acceptors (Lipinski definition) is 7. The van der Waals surface area contributed by atoms with Crippen molar-refractivity contribution < 1.29 is 33.7 Å². The standard InChI is InChI=1S/C28H24ClNO7/c1-15-12-19(26(36-3)20(29)13-15)24(31)22-23(18-10-5-6-11-21(18)35-2)30(27(33)25(22)32)17-9-7-8-16(14-17)28(34)37-4/h5-14,23,31H,1-4H3/b24-22+. The molecule has 8 nitrogen and oxygen atoms in total. The Morgan fingerprint density at radius 1 is 0.973 bits per heavy atom. The van der Waals surface area contributed by atoms with Gasteiger partial charge in [-0.2, -0.15) is 0 Å². The molecule has 37 heavy (non-hydrogen) atoms. The number of ketones is 1. The van der Waals surface area contributed by atoms with Crippen LogP contribution in [0.5, 0.6) is 11.5 Å². The molecule has 0 bridgehead atoms. The third-order valence-electron chi connectivity index (χ3n) is 6.07. The molecular formula is C28H24ClNO7. The van der Waals surface area contributed by atoms with Crippen molar-refractivity contribution in [2.24, 2.45) is 0 Å². The third kappa shape index (κ3) is 4.51. The van der Waals surface area contributed by atoms with Crippen LogP contribution >= 0.6 is 11.6 Å². The molecule has 1 aliphatic heterocycles. The van der Waals surface area contributed by atoms with Crippen LogP contribution in [0.15, 0.2) is 66.2 Å². The number of anilines is 1. The number of rotatable bonds is 6. The third-order valence-corrected chi connectivity index (χ3v) is 6.35. The molecule has 190 valence electrons. The average molecular weight is 522 g/mol. The van der Waals surface area contributed by atoms with Gasteiger partial charge in [0.15, 0.2) is 0 Å². The first-order valence-electron chi connectivity index (χ1n) is 11.2. The Morgan fingerprint density at radius 3 is 2.38 bits per heavy atom. The molecule has 1 atom stereocenters. The smallest absolute Gasteiger partial charge is 0.337 e. The van der Waals surface area contributed by atoms with E-state index in [4.69, 9.17) is 25.8 Å². The first-order valence-corrected chi connectivity index (χ1v) is 11.6. The summed E-state index contributed by atoms with van der Waals surface area (Å²) in [6.07, 6.45) is 0. The van der Waals surface area contributed by atoms with Crippen LogP contribution in [0.3, 0.4) is 0 Å². The van der Waals surface area contributed by atoms with Gasteiger partial charge in [-0.1, -0.05) is 35.9 Å². The second kappa shape index (κ2) is 10.4. The van der Waals surface area contributed by atoms with E-state index in [0.717, 1.165) is 0 Å². The number of hydrogen-bond donors (Lipinski definition) is 1. The van der Waals surface area contributed by atoms with Crippen molar-refractivity contribution in [1.82, 2.24) is 0 Å². The van der Waals surface area contributed by atoms with E-state index >= 15 is 0 Å². The van der Waals surface area contributed by atoms with Crippen LogP contribution < -0.4 is 14.4 Å². The van der Waals surface area contributed by atoms with Crippen molar-refractivity contribution in [3.63, 3.8) is 0 Å². The summed E-state index contributed by atoms with van der Waals surface area (Å²) in [4.78, 5) is 40.4. The van der Waals surface area contributed by atoms with Crippen LogP contribution in [-0.4, -0.2) is 44.1 Å². The summed E-state index contributed by atoms with van der Waals surface area (Å²) in [6.45, 7) is 1.77. The van der Waals surface area contributed by atoms with Gasteiger partial charge in [0.25, 0.3) is 11.7 Å². The van der Waals surface area contributed by atoms with Crippen LogP contribution in [0.4, 0.5) is 5.69 Å². The zero-order valence-electron chi connectivity index (χ0n) is 20.6. The van der Waals surface area contributed by atoms with E-state index in [2.05, 4.69) is 0 Å². The van der Waals surface area contributed by atoms with Gasteiger partial charge in [0.1, 0.15) is 17.3 Å². The predicted molar refractivity (Wildman–Crippen MR) is 138 cm³/mol. The number of amides is 1. The first-order chi connectivity index (χ1) is 17.7. The first kappa shape index (κ1) is 25.8. The molecule has 1 N–H and O–H groups in total. The second-order valence-corrected chi connectivity index (χ2v) is 8.69. The summed E-state index contributed by atoms with van der Waals surface area (Å²) in [7, 11) is 4.10. The number of aryl methyl sites for hydroxylation is 1. The molecule has 1 heterocycles. The number of aliphatic hydroxyl groups is 1. The van der Waals surface area contributed by atoms with E-state index in [1.807, 2.05) is 0 Å². The Balaban J connectivity index is 2.04. The number of esters is 1. The summed E-state index contributed by atoms with van der Waals surface area (Å²) in [6, 6.07) is 15.2. The van der Waals surface area contributed by atoms with Gasteiger partial charge in [-0.05, 0) is 48.9 Å². The van der Waals surface area contributed by atoms with Crippen LogP contribution in [0, 0.1) is 6.92 Å². The monoisotopic (exact) mass is 521 g/mol. The van der Waals surface area contributed by atoms with Crippen molar-refractivity contribution in [3.05, 3.63) is 93.5 Å². The highest BCUT2D eigenvalue weighted by Gasteiger charge is 2.48. The summed E-state index contributed by atoms with van der Waals surface area (Å²) in [5.74, 6) is -2.32. The van der Waals surface area contributed by atoms with E-state index in [9.17, 15) is 19.5 Å². The highest BCUT2D eigenvalue weighted by atomic mass is 35.5. The number of methoxy groups -OCH3 is 3. The van der Waals surface area contributed by atoms with Gasteiger partial charge in [0.05, 0.1) is 49.1 Å². The molecule has 9 heteroatoms. The number of para-hydroxylation sites is 1. The maximum Gasteiger partial charge on any atom is 0.337 e. The van der Waals surface area contributed by atoms with Gasteiger partial charge in [-0.25, -0.2) is 4.79 Å². The van der Waals surface area contributed by atoms with Crippen molar-refractivity contribution >= 4 is 40.7 Å². The SMILES string of the molecule is COC(=O)c1cccc(N2C(=O)C(=O)/C(=C(/O)c3cc(C)cc(Cl)c3OC)C2c2ccccc2OC)c1. The molecule has 0 radical (unpaired) electrons. The summed E-state index contributed by atoms with van der Waals surface area (Å²) >= 11 is 6.35. The largest absolute Gasteiger partial charge is 0.507 e. The van der Waals surface area contributed by atoms with Crippen molar-refractivity contribution in [1.29, 1.82) is 0 Å². The fourth-order valence-corrected chi connectivity index (χ4v) is 4.79. The van der Waals surface area contributed by atoms with Crippen LogP contribution in [0.2, 0.25) is 5.02 Å². The minimum atomic E-state index is -1.09. The van der Waals surface area contributed by atoms with Crippen LogP contribution in [0.1, 0.15) is 33.1 Å². The molecule has 0 spiro atoms. The molecule has 0 saturated carbocycles. The number of aliphatic hydroxyl groups excluding tert-OH is 1. The maximum absolute atomic E-state index is 13.5. The zero-order valence-corrected chi connectivity index (χ0v) is 21.3. The molecule has 0 aliphatic carbocycles. The summed E-state index contributed by atoms with van der Waals surface area (Å²) in [5, 5.41) is 11.8. The normalized spacial score (nSPS) is 16.6. The molecule has 3 aromatic rings. The van der Waals surface area contributed by atoms with E-state index in [-0.39, 0.29) is 33.2 Å². The quantitative estimate of drug-likeness (QED) is 0.209. The average Bonchev–Trinajstić information content (AvgIpc) is 3.17. The Labute approximate surface area is 218 Å². The van der Waals surface area contributed by atoms with Crippen molar-refractivity contribution in [3.8, 4) is 11.5 Å². The molecule has 0 aromatic heterocycles.